The highest BCUT2D eigenvalue weighted by atomic mass is 35.5. The Morgan fingerprint density at radius 3 is 2.57 bits per heavy atom. The fourth-order valence-corrected chi connectivity index (χ4v) is 5.19. The molecule has 1 aliphatic heterocycles. The topological polar surface area (TPSA) is 74.8 Å². The van der Waals surface area contributed by atoms with Gasteiger partial charge in [0.2, 0.25) is 5.91 Å². The first-order valence-corrected chi connectivity index (χ1v) is 13.1. The fourth-order valence-electron chi connectivity index (χ4n) is 4.96. The van der Waals surface area contributed by atoms with Gasteiger partial charge in [-0.05, 0) is 62.4 Å². The summed E-state index contributed by atoms with van der Waals surface area (Å²) >= 11 is 6.36. The Morgan fingerprint density at radius 2 is 1.83 bits per heavy atom. The smallest absolute Gasteiger partial charge is 0.254 e. The van der Waals surface area contributed by atoms with Crippen LogP contribution in [0.25, 0.3) is 0 Å². The van der Waals surface area contributed by atoms with Crippen molar-refractivity contribution < 1.29 is 14.3 Å². The molecule has 188 valence electrons. The van der Waals surface area contributed by atoms with E-state index in [1.54, 1.807) is 30.6 Å². The summed E-state index contributed by atoms with van der Waals surface area (Å²) in [5.41, 5.74) is 1.51. The quantitative estimate of drug-likeness (QED) is 0.440. The molecule has 2 aliphatic rings. The lowest BCUT2D eigenvalue weighted by molar-refractivity contribution is -0.130. The van der Waals surface area contributed by atoms with Crippen molar-refractivity contribution in [1.82, 2.24) is 14.8 Å². The van der Waals surface area contributed by atoms with Crippen molar-refractivity contribution in [2.24, 2.45) is 0 Å². The number of nitrogens with zero attached hydrogens (tertiary/aromatic N) is 3. The summed E-state index contributed by atoms with van der Waals surface area (Å²) in [4.78, 5) is 34.0. The van der Waals surface area contributed by atoms with Crippen LogP contribution in [-0.2, 0) is 4.79 Å². The van der Waals surface area contributed by atoms with Crippen LogP contribution in [0.3, 0.4) is 0 Å². The van der Waals surface area contributed by atoms with Gasteiger partial charge in [-0.25, -0.2) is 0 Å². The number of amides is 2. The Bertz CT molecular complexity index is 976. The summed E-state index contributed by atoms with van der Waals surface area (Å²) in [6.45, 7) is 3.36. The third-order valence-corrected chi connectivity index (χ3v) is 6.99. The SMILES string of the molecule is O=C(CCCN(C(=O)c1cc(Cl)cc(OCCNc2ccncc2)c1)C1CCCC1)N1CCCC1. The first-order valence-electron chi connectivity index (χ1n) is 12.8. The second-order valence-corrected chi connectivity index (χ2v) is 9.75. The van der Waals surface area contributed by atoms with Gasteiger partial charge in [0.15, 0.2) is 0 Å². The highest BCUT2D eigenvalue weighted by molar-refractivity contribution is 6.31. The minimum atomic E-state index is -0.0345. The first kappa shape index (κ1) is 25.3. The van der Waals surface area contributed by atoms with Crippen molar-refractivity contribution in [1.29, 1.82) is 0 Å². The maximum atomic E-state index is 13.6. The zero-order valence-corrected chi connectivity index (χ0v) is 21.0. The molecule has 0 bridgehead atoms. The molecule has 35 heavy (non-hydrogen) atoms. The van der Waals surface area contributed by atoms with Gasteiger partial charge in [-0.2, -0.15) is 0 Å². The number of benzene rings is 1. The Morgan fingerprint density at radius 1 is 1.09 bits per heavy atom. The van der Waals surface area contributed by atoms with E-state index in [4.69, 9.17) is 16.3 Å². The third kappa shape index (κ3) is 7.34. The highest BCUT2D eigenvalue weighted by Gasteiger charge is 2.28. The van der Waals surface area contributed by atoms with Gasteiger partial charge in [-0.1, -0.05) is 24.4 Å². The number of halogens is 1. The van der Waals surface area contributed by atoms with Crippen LogP contribution in [0.2, 0.25) is 5.02 Å². The highest BCUT2D eigenvalue weighted by Crippen LogP contribution is 2.28. The maximum absolute atomic E-state index is 13.6. The summed E-state index contributed by atoms with van der Waals surface area (Å²) in [5.74, 6) is 0.751. The fraction of sp³-hybridized carbons (Fsp3) is 0.519. The van der Waals surface area contributed by atoms with Gasteiger partial charge >= 0.3 is 0 Å². The second kappa shape index (κ2) is 12.8. The molecule has 0 radical (unpaired) electrons. The number of carbonyl (C=O) groups excluding carboxylic acids is 2. The van der Waals surface area contributed by atoms with Crippen LogP contribution in [0, 0.1) is 0 Å². The average molecular weight is 499 g/mol. The van der Waals surface area contributed by atoms with Gasteiger partial charge in [0.05, 0.1) is 0 Å². The summed E-state index contributed by atoms with van der Waals surface area (Å²) in [5, 5.41) is 3.75. The molecule has 8 heteroatoms. The lowest BCUT2D eigenvalue weighted by atomic mass is 10.1. The molecule has 1 saturated carbocycles. The van der Waals surface area contributed by atoms with Crippen molar-refractivity contribution in [2.45, 2.75) is 57.4 Å². The van der Waals surface area contributed by atoms with E-state index in [1.807, 2.05) is 21.9 Å². The minimum Gasteiger partial charge on any atom is -0.492 e. The third-order valence-electron chi connectivity index (χ3n) is 6.77. The number of hydrogen-bond donors (Lipinski definition) is 1. The molecule has 1 saturated heterocycles. The number of ether oxygens (including phenoxy) is 1. The maximum Gasteiger partial charge on any atom is 0.254 e. The van der Waals surface area contributed by atoms with E-state index in [0.29, 0.717) is 48.9 Å². The van der Waals surface area contributed by atoms with Gasteiger partial charge < -0.3 is 19.9 Å². The summed E-state index contributed by atoms with van der Waals surface area (Å²) in [6, 6.07) is 9.23. The zero-order valence-electron chi connectivity index (χ0n) is 20.3. The van der Waals surface area contributed by atoms with E-state index >= 15 is 0 Å². The van der Waals surface area contributed by atoms with Gasteiger partial charge in [-0.3, -0.25) is 14.6 Å². The molecule has 1 aliphatic carbocycles. The normalized spacial score (nSPS) is 15.9. The van der Waals surface area contributed by atoms with E-state index < -0.39 is 0 Å². The zero-order chi connectivity index (χ0) is 24.5. The van der Waals surface area contributed by atoms with Crippen LogP contribution < -0.4 is 10.1 Å². The van der Waals surface area contributed by atoms with Crippen molar-refractivity contribution in [3.05, 3.63) is 53.3 Å². The van der Waals surface area contributed by atoms with E-state index in [9.17, 15) is 9.59 Å². The van der Waals surface area contributed by atoms with Crippen molar-refractivity contribution in [2.75, 3.05) is 38.1 Å². The number of aromatic nitrogens is 1. The second-order valence-electron chi connectivity index (χ2n) is 9.32. The monoisotopic (exact) mass is 498 g/mol. The van der Waals surface area contributed by atoms with E-state index in [2.05, 4.69) is 10.3 Å². The van der Waals surface area contributed by atoms with Crippen LogP contribution in [0.4, 0.5) is 5.69 Å². The van der Waals surface area contributed by atoms with E-state index in [-0.39, 0.29) is 17.9 Å². The molecular formula is C27H35ClN4O3. The Kier molecular flexibility index (Phi) is 9.23. The molecule has 0 atom stereocenters. The van der Waals surface area contributed by atoms with Crippen molar-refractivity contribution in [3.63, 3.8) is 0 Å². The number of likely N-dealkylation sites (tertiary alicyclic amines) is 1. The van der Waals surface area contributed by atoms with E-state index in [0.717, 1.165) is 57.3 Å². The molecule has 2 amide bonds. The molecule has 4 rings (SSSR count). The van der Waals surface area contributed by atoms with Gasteiger partial charge in [0, 0.05) is 67.3 Å². The lowest BCUT2D eigenvalue weighted by Gasteiger charge is -2.29. The average Bonchev–Trinajstić information content (AvgIpc) is 3.59. The molecular weight excluding hydrogens is 464 g/mol. The van der Waals surface area contributed by atoms with Crippen LogP contribution in [0.15, 0.2) is 42.7 Å². The number of anilines is 1. The molecule has 2 aromatic rings. The molecule has 0 spiro atoms. The summed E-state index contributed by atoms with van der Waals surface area (Å²) in [6.07, 6.45) is 11.1. The molecule has 2 fully saturated rings. The van der Waals surface area contributed by atoms with Gasteiger partial charge in [0.1, 0.15) is 12.4 Å². The predicted molar refractivity (Wildman–Crippen MR) is 138 cm³/mol. The van der Waals surface area contributed by atoms with Crippen LogP contribution in [0.1, 0.15) is 61.7 Å². The predicted octanol–water partition coefficient (Wildman–Crippen LogP) is 5.01. The number of pyridine rings is 1. The number of rotatable bonds is 11. The van der Waals surface area contributed by atoms with E-state index in [1.165, 1.54) is 0 Å². The first-order chi connectivity index (χ1) is 17.1. The molecule has 0 unspecified atom stereocenters. The van der Waals surface area contributed by atoms with Crippen LogP contribution >= 0.6 is 11.6 Å². The standard InChI is InChI=1S/C27H35ClN4O3/c28-22-18-21(19-25(20-22)35-17-13-30-23-9-11-29-12-10-23)27(34)32(24-6-1-2-7-24)16-5-8-26(33)31-14-3-4-15-31/h9-12,18-20,24H,1-8,13-17H2,(H,29,30). The summed E-state index contributed by atoms with van der Waals surface area (Å²) < 4.78 is 5.89. The lowest BCUT2D eigenvalue weighted by Crippen LogP contribution is -2.40. The summed E-state index contributed by atoms with van der Waals surface area (Å²) in [7, 11) is 0. The molecule has 1 aromatic carbocycles. The molecule has 1 N–H and O–H groups in total. The molecule has 2 heterocycles. The van der Waals surface area contributed by atoms with Gasteiger partial charge in [0.25, 0.3) is 5.91 Å². The van der Waals surface area contributed by atoms with Crippen LogP contribution in [0.5, 0.6) is 5.75 Å². The Balaban J connectivity index is 1.35. The molecule has 7 nitrogen and oxygen atoms in total. The van der Waals surface area contributed by atoms with Crippen LogP contribution in [-0.4, -0.2) is 65.4 Å². The Labute approximate surface area is 212 Å². The Hall–Kier alpha value is -2.80. The molecule has 1 aromatic heterocycles. The number of nitrogens with one attached hydrogen (secondary N) is 1. The number of hydrogen-bond acceptors (Lipinski definition) is 5. The van der Waals surface area contributed by atoms with Crippen molar-refractivity contribution in [3.8, 4) is 5.75 Å². The van der Waals surface area contributed by atoms with Crippen molar-refractivity contribution >= 4 is 29.1 Å². The minimum absolute atomic E-state index is 0.0345. The largest absolute Gasteiger partial charge is 0.492 e. The van der Waals surface area contributed by atoms with Gasteiger partial charge in [-0.15, -0.1) is 0 Å². The number of carbonyl (C=O) groups is 2.